The molecule has 0 aliphatic carbocycles. The second-order valence-electron chi connectivity index (χ2n) is 5.96. The third-order valence-corrected chi connectivity index (χ3v) is 5.92. The SMILES string of the molecule is O=C(/C=C/c1ccc([N+](=O)[O-])cc1)Nc1ccc(N2CCCS2(=O)=O)cc1. The lowest BCUT2D eigenvalue weighted by Gasteiger charge is -2.17. The van der Waals surface area contributed by atoms with Crippen LogP contribution in [0.15, 0.2) is 54.6 Å². The van der Waals surface area contributed by atoms with Gasteiger partial charge < -0.3 is 5.32 Å². The fraction of sp³-hybridized carbons (Fsp3) is 0.167. The van der Waals surface area contributed by atoms with E-state index in [9.17, 15) is 23.3 Å². The number of carbonyl (C=O) groups is 1. The van der Waals surface area contributed by atoms with Crippen LogP contribution in [0.25, 0.3) is 6.08 Å². The van der Waals surface area contributed by atoms with Gasteiger partial charge in [0.1, 0.15) is 0 Å². The van der Waals surface area contributed by atoms with E-state index in [0.29, 0.717) is 29.9 Å². The Labute approximate surface area is 156 Å². The van der Waals surface area contributed by atoms with Crippen LogP contribution in [-0.4, -0.2) is 31.5 Å². The summed E-state index contributed by atoms with van der Waals surface area (Å²) in [6.45, 7) is 0.464. The van der Waals surface area contributed by atoms with Crippen molar-refractivity contribution in [2.24, 2.45) is 0 Å². The van der Waals surface area contributed by atoms with Crippen molar-refractivity contribution in [1.29, 1.82) is 0 Å². The van der Waals surface area contributed by atoms with E-state index in [1.807, 2.05) is 0 Å². The number of amides is 1. The fourth-order valence-corrected chi connectivity index (χ4v) is 4.27. The molecule has 1 fully saturated rings. The quantitative estimate of drug-likeness (QED) is 0.482. The molecule has 0 unspecified atom stereocenters. The van der Waals surface area contributed by atoms with Crippen molar-refractivity contribution in [1.82, 2.24) is 0 Å². The normalized spacial score (nSPS) is 15.8. The Balaban J connectivity index is 1.61. The number of benzene rings is 2. The molecular formula is C18H17N3O5S. The van der Waals surface area contributed by atoms with Gasteiger partial charge in [-0.15, -0.1) is 0 Å². The molecule has 1 amide bonds. The Morgan fingerprint density at radius 2 is 1.78 bits per heavy atom. The second-order valence-corrected chi connectivity index (χ2v) is 7.97. The zero-order chi connectivity index (χ0) is 19.4. The Kier molecular flexibility index (Phi) is 5.22. The van der Waals surface area contributed by atoms with Crippen LogP contribution in [0.4, 0.5) is 17.1 Å². The van der Waals surface area contributed by atoms with Gasteiger partial charge in [-0.1, -0.05) is 0 Å². The maximum Gasteiger partial charge on any atom is 0.269 e. The van der Waals surface area contributed by atoms with Gasteiger partial charge in [-0.2, -0.15) is 0 Å². The molecular weight excluding hydrogens is 370 g/mol. The first kappa shape index (κ1) is 18.6. The number of sulfonamides is 1. The fourth-order valence-electron chi connectivity index (χ4n) is 2.70. The smallest absolute Gasteiger partial charge is 0.269 e. The summed E-state index contributed by atoms with van der Waals surface area (Å²) in [5, 5.41) is 13.3. The molecule has 0 atom stereocenters. The van der Waals surface area contributed by atoms with Crippen molar-refractivity contribution in [3.8, 4) is 0 Å². The largest absolute Gasteiger partial charge is 0.323 e. The van der Waals surface area contributed by atoms with E-state index < -0.39 is 14.9 Å². The predicted molar refractivity (Wildman–Crippen MR) is 103 cm³/mol. The molecule has 1 aliphatic heterocycles. The minimum absolute atomic E-state index is 0.0169. The molecule has 0 radical (unpaired) electrons. The van der Waals surface area contributed by atoms with Crippen LogP contribution in [0.3, 0.4) is 0 Å². The average Bonchev–Trinajstić information content (AvgIpc) is 3.00. The summed E-state index contributed by atoms with van der Waals surface area (Å²) in [5.41, 5.74) is 1.75. The number of non-ortho nitro benzene ring substituents is 1. The van der Waals surface area contributed by atoms with Crippen molar-refractivity contribution >= 4 is 39.1 Å². The lowest BCUT2D eigenvalue weighted by molar-refractivity contribution is -0.384. The molecule has 1 aliphatic rings. The highest BCUT2D eigenvalue weighted by Crippen LogP contribution is 2.25. The Hall–Kier alpha value is -3.20. The van der Waals surface area contributed by atoms with E-state index in [-0.39, 0.29) is 17.3 Å². The van der Waals surface area contributed by atoms with Crippen molar-refractivity contribution in [3.05, 3.63) is 70.3 Å². The number of rotatable bonds is 5. The van der Waals surface area contributed by atoms with Crippen LogP contribution >= 0.6 is 0 Å². The average molecular weight is 387 g/mol. The third-order valence-electron chi connectivity index (χ3n) is 4.05. The van der Waals surface area contributed by atoms with Gasteiger partial charge in [0.15, 0.2) is 0 Å². The highest BCUT2D eigenvalue weighted by molar-refractivity contribution is 7.93. The van der Waals surface area contributed by atoms with Crippen molar-refractivity contribution < 1.29 is 18.1 Å². The van der Waals surface area contributed by atoms with E-state index in [0.717, 1.165) is 0 Å². The van der Waals surface area contributed by atoms with Crippen LogP contribution < -0.4 is 9.62 Å². The van der Waals surface area contributed by atoms with Gasteiger partial charge in [0, 0.05) is 30.4 Å². The van der Waals surface area contributed by atoms with E-state index in [1.165, 1.54) is 22.5 Å². The molecule has 140 valence electrons. The molecule has 2 aromatic carbocycles. The highest BCUT2D eigenvalue weighted by atomic mass is 32.2. The molecule has 3 rings (SSSR count). The van der Waals surface area contributed by atoms with E-state index in [4.69, 9.17) is 0 Å². The van der Waals surface area contributed by atoms with Crippen LogP contribution in [0.2, 0.25) is 0 Å². The number of nitrogens with zero attached hydrogens (tertiary/aromatic N) is 2. The van der Waals surface area contributed by atoms with Gasteiger partial charge >= 0.3 is 0 Å². The zero-order valence-corrected chi connectivity index (χ0v) is 15.1. The molecule has 1 N–H and O–H groups in total. The molecule has 9 heteroatoms. The lowest BCUT2D eigenvalue weighted by Crippen LogP contribution is -2.24. The number of anilines is 2. The monoisotopic (exact) mass is 387 g/mol. The number of nitrogens with one attached hydrogen (secondary N) is 1. The first-order chi connectivity index (χ1) is 12.8. The third kappa shape index (κ3) is 4.50. The molecule has 0 spiro atoms. The number of nitro benzene ring substituents is 1. The van der Waals surface area contributed by atoms with E-state index in [2.05, 4.69) is 5.32 Å². The van der Waals surface area contributed by atoms with Gasteiger partial charge in [-0.25, -0.2) is 8.42 Å². The van der Waals surface area contributed by atoms with Crippen molar-refractivity contribution in [2.75, 3.05) is 21.9 Å². The molecule has 0 bridgehead atoms. The van der Waals surface area contributed by atoms with E-state index in [1.54, 1.807) is 42.5 Å². The second kappa shape index (κ2) is 7.58. The molecule has 27 heavy (non-hydrogen) atoms. The molecule has 2 aromatic rings. The summed E-state index contributed by atoms with van der Waals surface area (Å²) in [5.74, 6) is -0.214. The molecule has 0 aromatic heterocycles. The maximum atomic E-state index is 12.0. The van der Waals surface area contributed by atoms with Crippen LogP contribution in [0, 0.1) is 10.1 Å². The molecule has 0 saturated carbocycles. The summed E-state index contributed by atoms with van der Waals surface area (Å²) in [6.07, 6.45) is 3.47. The summed E-state index contributed by atoms with van der Waals surface area (Å²) in [4.78, 5) is 22.1. The van der Waals surface area contributed by atoms with Gasteiger partial charge in [-0.3, -0.25) is 19.2 Å². The Morgan fingerprint density at radius 1 is 1.11 bits per heavy atom. The minimum atomic E-state index is -3.23. The minimum Gasteiger partial charge on any atom is -0.323 e. The number of hydrogen-bond donors (Lipinski definition) is 1. The highest BCUT2D eigenvalue weighted by Gasteiger charge is 2.28. The van der Waals surface area contributed by atoms with Gasteiger partial charge in [0.25, 0.3) is 5.69 Å². The summed E-state index contributed by atoms with van der Waals surface area (Å²) < 4.78 is 25.2. The van der Waals surface area contributed by atoms with E-state index >= 15 is 0 Å². The van der Waals surface area contributed by atoms with Crippen LogP contribution in [0.1, 0.15) is 12.0 Å². The molecule has 1 heterocycles. The molecule has 8 nitrogen and oxygen atoms in total. The van der Waals surface area contributed by atoms with Gasteiger partial charge in [0.05, 0.1) is 16.4 Å². The summed E-state index contributed by atoms with van der Waals surface area (Å²) in [6, 6.07) is 12.4. The summed E-state index contributed by atoms with van der Waals surface area (Å²) >= 11 is 0. The van der Waals surface area contributed by atoms with Crippen molar-refractivity contribution in [2.45, 2.75) is 6.42 Å². The number of nitro groups is 1. The first-order valence-electron chi connectivity index (χ1n) is 8.19. The number of carbonyl (C=O) groups excluding carboxylic acids is 1. The standard InChI is InChI=1S/C18H17N3O5S/c22-18(11-4-14-2-7-17(8-3-14)21(23)24)19-15-5-9-16(10-6-15)20-12-1-13-27(20,25)26/h2-11H,1,12-13H2,(H,19,22)/b11-4+. The van der Waals surface area contributed by atoms with Crippen LogP contribution in [0.5, 0.6) is 0 Å². The van der Waals surface area contributed by atoms with Crippen LogP contribution in [-0.2, 0) is 14.8 Å². The zero-order valence-electron chi connectivity index (χ0n) is 14.2. The predicted octanol–water partition coefficient (Wildman–Crippen LogP) is 2.79. The molecule has 1 saturated heterocycles. The van der Waals surface area contributed by atoms with Gasteiger partial charge in [-0.05, 0) is 54.5 Å². The maximum absolute atomic E-state index is 12.0. The first-order valence-corrected chi connectivity index (χ1v) is 9.80. The lowest BCUT2D eigenvalue weighted by atomic mass is 10.2. The summed E-state index contributed by atoms with van der Waals surface area (Å²) in [7, 11) is -3.23. The number of hydrogen-bond acceptors (Lipinski definition) is 5. The van der Waals surface area contributed by atoms with Gasteiger partial charge in [0.2, 0.25) is 15.9 Å². The topological polar surface area (TPSA) is 110 Å². The Bertz CT molecular complexity index is 983. The Morgan fingerprint density at radius 3 is 2.33 bits per heavy atom. The van der Waals surface area contributed by atoms with Crippen molar-refractivity contribution in [3.63, 3.8) is 0 Å².